The molecule has 0 spiro atoms. The first kappa shape index (κ1) is 29.4. The summed E-state index contributed by atoms with van der Waals surface area (Å²) in [6.45, 7) is 2.44. The number of benzene rings is 3. The second-order valence-electron chi connectivity index (χ2n) is 9.55. The lowest BCUT2D eigenvalue weighted by molar-refractivity contribution is -0.274. The van der Waals surface area contributed by atoms with E-state index < -0.39 is 18.6 Å². The van der Waals surface area contributed by atoms with Crippen LogP contribution in [0.5, 0.6) is 11.5 Å². The van der Waals surface area contributed by atoms with Gasteiger partial charge in [-0.15, -0.1) is 18.3 Å². The number of nitrogens with zero attached hydrogens (tertiary/aromatic N) is 5. The number of halogens is 3. The number of alkyl halides is 3. The van der Waals surface area contributed by atoms with Gasteiger partial charge in [0.05, 0.1) is 19.3 Å². The predicted molar refractivity (Wildman–Crippen MR) is 152 cm³/mol. The molecule has 1 aliphatic heterocycles. The van der Waals surface area contributed by atoms with Crippen LogP contribution in [0.3, 0.4) is 0 Å². The number of guanidine groups is 1. The molecule has 5 rings (SSSR count). The topological polar surface area (TPSA) is 126 Å². The number of ether oxygens (including phenoxy) is 2. The number of aliphatic hydroxyl groups is 1. The largest absolute Gasteiger partial charge is 0.573 e. The van der Waals surface area contributed by atoms with E-state index in [1.165, 1.54) is 35.3 Å². The van der Waals surface area contributed by atoms with Gasteiger partial charge in [0.2, 0.25) is 5.96 Å². The quantitative estimate of drug-likeness (QED) is 0.277. The van der Waals surface area contributed by atoms with Crippen LogP contribution in [-0.2, 0) is 6.42 Å². The number of urea groups is 1. The van der Waals surface area contributed by atoms with Crippen molar-refractivity contribution < 1.29 is 32.5 Å². The minimum Gasteiger partial charge on any atom is -0.497 e. The molecule has 1 aliphatic rings. The molecule has 0 aliphatic carbocycles. The Labute approximate surface area is 244 Å². The van der Waals surface area contributed by atoms with Crippen molar-refractivity contribution in [3.8, 4) is 28.6 Å². The maximum atomic E-state index is 12.6. The van der Waals surface area contributed by atoms with E-state index in [2.05, 4.69) is 30.4 Å². The van der Waals surface area contributed by atoms with Crippen LogP contribution in [0.25, 0.3) is 17.1 Å². The molecule has 0 saturated carbocycles. The highest BCUT2D eigenvalue weighted by atomic mass is 19.4. The number of aliphatic hydroxyl groups excluding tert-OH is 1. The minimum atomic E-state index is -4.76. The van der Waals surface area contributed by atoms with Crippen LogP contribution in [0.15, 0.2) is 78.0 Å². The van der Waals surface area contributed by atoms with Crippen LogP contribution in [0.1, 0.15) is 11.1 Å². The number of aliphatic imine (C=N–C) groups is 1. The highest BCUT2D eigenvalue weighted by molar-refractivity contribution is 6.04. The zero-order chi connectivity index (χ0) is 30.6. The van der Waals surface area contributed by atoms with Gasteiger partial charge in [-0.2, -0.15) is 4.99 Å². The third-order valence-corrected chi connectivity index (χ3v) is 6.57. The molecule has 43 heavy (non-hydrogen) atoms. The Kier molecular flexibility index (Phi) is 8.48. The number of rotatable bonds is 8. The standard InChI is InChI=1S/C29H28F3N7O4/c1-18-15-23(42-2)11-12-24(18)39-25(40)16-34-27(39)36-28(41)33-14-13-19-3-5-20(6-4-19)26-35-17-38(37-26)21-7-9-22(10-8-21)43-29(30,31)32/h3-12,15,17,25,40H,13-14,16H2,1-2H3,(H2,33,34,36,41). The normalized spacial score (nSPS) is 15.8. The van der Waals surface area contributed by atoms with Gasteiger partial charge in [0, 0.05) is 17.8 Å². The molecule has 3 N–H and O–H groups in total. The Balaban J connectivity index is 1.15. The van der Waals surface area contributed by atoms with Crippen molar-refractivity contribution in [2.24, 2.45) is 4.99 Å². The van der Waals surface area contributed by atoms with E-state index in [9.17, 15) is 23.1 Å². The lowest BCUT2D eigenvalue weighted by Gasteiger charge is -2.23. The number of hydrogen-bond donors (Lipinski definition) is 3. The first-order valence-corrected chi connectivity index (χ1v) is 13.2. The van der Waals surface area contributed by atoms with Gasteiger partial charge in [-0.05, 0) is 66.9 Å². The zero-order valence-electron chi connectivity index (χ0n) is 23.2. The molecule has 0 bridgehead atoms. The summed E-state index contributed by atoms with van der Waals surface area (Å²) in [5.74, 6) is 1.05. The van der Waals surface area contributed by atoms with Crippen LogP contribution >= 0.6 is 0 Å². The molecule has 1 unspecified atom stereocenters. The number of aryl methyl sites for hydroxylation is 1. The average Bonchev–Trinajstić information content (AvgIpc) is 3.60. The van der Waals surface area contributed by atoms with Crippen molar-refractivity contribution in [1.29, 1.82) is 0 Å². The monoisotopic (exact) mass is 595 g/mol. The zero-order valence-corrected chi connectivity index (χ0v) is 23.2. The molecule has 4 aromatic rings. The lowest BCUT2D eigenvalue weighted by atomic mass is 10.1. The summed E-state index contributed by atoms with van der Waals surface area (Å²) in [6.07, 6.45) is -3.63. The van der Waals surface area contributed by atoms with Crippen LogP contribution in [0.2, 0.25) is 0 Å². The Bertz CT molecular complexity index is 1610. The fourth-order valence-corrected chi connectivity index (χ4v) is 4.48. The van der Waals surface area contributed by atoms with Crippen molar-refractivity contribution in [1.82, 2.24) is 25.4 Å². The molecular weight excluding hydrogens is 567 g/mol. The molecule has 3 aromatic carbocycles. The van der Waals surface area contributed by atoms with Crippen molar-refractivity contribution in [2.45, 2.75) is 25.9 Å². The second-order valence-corrected chi connectivity index (χ2v) is 9.55. The number of β-amino-alcohol motifs (C(OH)–C–C–N with tert-alkyl or cyclic N) is 1. The first-order chi connectivity index (χ1) is 20.6. The summed E-state index contributed by atoms with van der Waals surface area (Å²) >= 11 is 0. The third-order valence-electron chi connectivity index (χ3n) is 6.57. The van der Waals surface area contributed by atoms with Crippen molar-refractivity contribution in [3.63, 3.8) is 0 Å². The highest BCUT2D eigenvalue weighted by Gasteiger charge is 2.31. The maximum absolute atomic E-state index is 12.6. The summed E-state index contributed by atoms with van der Waals surface area (Å²) in [5.41, 5.74) is 3.79. The number of carbonyl (C=O) groups is 1. The fraction of sp³-hybridized carbons (Fsp3) is 0.241. The van der Waals surface area contributed by atoms with Gasteiger partial charge in [-0.25, -0.2) is 14.5 Å². The third kappa shape index (κ3) is 7.22. The van der Waals surface area contributed by atoms with Crippen molar-refractivity contribution in [2.75, 3.05) is 25.1 Å². The number of carbonyl (C=O) groups excluding carboxylic acids is 1. The molecule has 1 fully saturated rings. The average molecular weight is 596 g/mol. The van der Waals surface area contributed by atoms with Gasteiger partial charge >= 0.3 is 12.4 Å². The number of nitrogens with one attached hydrogen (secondary N) is 2. The van der Waals surface area contributed by atoms with Gasteiger partial charge in [-0.1, -0.05) is 24.3 Å². The smallest absolute Gasteiger partial charge is 0.497 e. The SMILES string of the molecule is COc1ccc(N2/C(=N/C(=O)NCCc3ccc(-c4ncn(-c5ccc(OC(F)(F)F)cc5)n4)cc3)NCC2O)c(C)c1. The van der Waals surface area contributed by atoms with Gasteiger partial charge < -0.3 is 25.2 Å². The predicted octanol–water partition coefficient (Wildman–Crippen LogP) is 4.19. The highest BCUT2D eigenvalue weighted by Crippen LogP contribution is 2.28. The fourth-order valence-electron chi connectivity index (χ4n) is 4.48. The van der Waals surface area contributed by atoms with E-state index >= 15 is 0 Å². The number of aromatic nitrogens is 3. The Morgan fingerprint density at radius 3 is 2.51 bits per heavy atom. The summed E-state index contributed by atoms with van der Waals surface area (Å²) in [5, 5.41) is 20.6. The molecule has 2 heterocycles. The molecule has 14 heteroatoms. The minimum absolute atomic E-state index is 0.222. The van der Waals surface area contributed by atoms with Crippen molar-refractivity contribution >= 4 is 17.7 Å². The molecule has 2 amide bonds. The molecular formula is C29H28F3N7O4. The van der Waals surface area contributed by atoms with Gasteiger partial charge in [0.15, 0.2) is 12.1 Å². The van der Waals surface area contributed by atoms with E-state index in [4.69, 9.17) is 4.74 Å². The lowest BCUT2D eigenvalue weighted by Crippen LogP contribution is -2.37. The molecule has 0 radical (unpaired) electrons. The van der Waals surface area contributed by atoms with E-state index in [0.29, 0.717) is 35.9 Å². The van der Waals surface area contributed by atoms with Crippen LogP contribution in [0, 0.1) is 6.92 Å². The molecule has 1 atom stereocenters. The van der Waals surface area contributed by atoms with Gasteiger partial charge in [0.25, 0.3) is 0 Å². The van der Waals surface area contributed by atoms with E-state index in [0.717, 1.165) is 16.7 Å². The van der Waals surface area contributed by atoms with Crippen LogP contribution < -0.4 is 25.0 Å². The summed E-state index contributed by atoms with van der Waals surface area (Å²) in [6, 6.07) is 17.6. The van der Waals surface area contributed by atoms with Crippen molar-refractivity contribution in [3.05, 3.63) is 84.2 Å². The second kappa shape index (κ2) is 12.4. The van der Waals surface area contributed by atoms with E-state index in [1.807, 2.05) is 37.3 Å². The van der Waals surface area contributed by atoms with Gasteiger partial charge in [0.1, 0.15) is 17.8 Å². The Morgan fingerprint density at radius 1 is 1.12 bits per heavy atom. The van der Waals surface area contributed by atoms with Crippen LogP contribution in [-0.4, -0.2) is 64.7 Å². The van der Waals surface area contributed by atoms with Gasteiger partial charge in [-0.3, -0.25) is 4.90 Å². The number of anilines is 1. The van der Waals surface area contributed by atoms with E-state index in [-0.39, 0.29) is 18.3 Å². The molecule has 11 nitrogen and oxygen atoms in total. The van der Waals surface area contributed by atoms with E-state index in [1.54, 1.807) is 24.1 Å². The maximum Gasteiger partial charge on any atom is 0.573 e. The molecule has 224 valence electrons. The number of hydrogen-bond acceptors (Lipinski definition) is 6. The Hall–Kier alpha value is -5.11. The summed E-state index contributed by atoms with van der Waals surface area (Å²) < 4.78 is 47.7. The first-order valence-electron chi connectivity index (χ1n) is 13.2. The molecule has 1 aromatic heterocycles. The van der Waals surface area contributed by atoms with Crippen LogP contribution in [0.4, 0.5) is 23.7 Å². The molecule has 1 saturated heterocycles. The number of methoxy groups -OCH3 is 1. The number of amides is 2. The summed E-state index contributed by atoms with van der Waals surface area (Å²) in [7, 11) is 1.58. The Morgan fingerprint density at radius 2 is 1.84 bits per heavy atom. The summed E-state index contributed by atoms with van der Waals surface area (Å²) in [4.78, 5) is 22.5.